The Balaban J connectivity index is 2.11. The first-order valence-corrected chi connectivity index (χ1v) is 6.97. The molecular weight excluding hydrogens is 276 g/mol. The van der Waals surface area contributed by atoms with Gasteiger partial charge < -0.3 is 10.1 Å². The monoisotopic (exact) mass is 294 g/mol. The van der Waals surface area contributed by atoms with Crippen molar-refractivity contribution in [2.24, 2.45) is 0 Å². The van der Waals surface area contributed by atoms with E-state index in [2.05, 4.69) is 5.32 Å². The van der Waals surface area contributed by atoms with Gasteiger partial charge in [0.15, 0.2) is 0 Å². The molecule has 1 N–H and O–H groups in total. The summed E-state index contributed by atoms with van der Waals surface area (Å²) in [7, 11) is 1.64. The lowest BCUT2D eigenvalue weighted by Crippen LogP contribution is -2.23. The standard InChI is InChI=1S/C18H18N2O2/c1-12-8-17(22-3)13(2)7-16(12)11-20-18(21)15-6-4-5-14(9-15)10-19/h4-9H,11H2,1-3H3,(H,20,21). The molecule has 0 aliphatic heterocycles. The van der Waals surface area contributed by atoms with Crippen LogP contribution in [0.5, 0.6) is 5.75 Å². The molecule has 2 aromatic carbocycles. The van der Waals surface area contributed by atoms with E-state index >= 15 is 0 Å². The lowest BCUT2D eigenvalue weighted by atomic mass is 10.0. The highest BCUT2D eigenvalue weighted by molar-refractivity contribution is 5.94. The minimum atomic E-state index is -0.190. The van der Waals surface area contributed by atoms with Crippen LogP contribution in [-0.4, -0.2) is 13.0 Å². The van der Waals surface area contributed by atoms with Crippen LogP contribution in [0.4, 0.5) is 0 Å². The van der Waals surface area contributed by atoms with Gasteiger partial charge in [-0.05, 0) is 54.8 Å². The zero-order chi connectivity index (χ0) is 16.1. The summed E-state index contributed by atoms with van der Waals surface area (Å²) < 4.78 is 5.28. The molecule has 0 aliphatic carbocycles. The highest BCUT2D eigenvalue weighted by Crippen LogP contribution is 2.22. The van der Waals surface area contributed by atoms with E-state index in [1.54, 1.807) is 31.4 Å². The average molecular weight is 294 g/mol. The van der Waals surface area contributed by atoms with Gasteiger partial charge in [-0.2, -0.15) is 5.26 Å². The second kappa shape index (κ2) is 6.77. The van der Waals surface area contributed by atoms with Gasteiger partial charge in [-0.3, -0.25) is 4.79 Å². The number of ether oxygens (including phenoxy) is 1. The first-order valence-electron chi connectivity index (χ1n) is 6.97. The van der Waals surface area contributed by atoms with Gasteiger partial charge in [-0.15, -0.1) is 0 Å². The Morgan fingerprint density at radius 1 is 1.23 bits per heavy atom. The Bertz CT molecular complexity index is 745. The Hall–Kier alpha value is -2.80. The van der Waals surface area contributed by atoms with Crippen LogP contribution < -0.4 is 10.1 Å². The molecule has 0 atom stereocenters. The van der Waals surface area contributed by atoms with Gasteiger partial charge in [0.2, 0.25) is 0 Å². The van der Waals surface area contributed by atoms with Crippen LogP contribution >= 0.6 is 0 Å². The molecule has 112 valence electrons. The van der Waals surface area contributed by atoms with Crippen LogP contribution in [0.25, 0.3) is 0 Å². The van der Waals surface area contributed by atoms with Gasteiger partial charge in [0.25, 0.3) is 5.91 Å². The van der Waals surface area contributed by atoms with Crippen LogP contribution in [0.1, 0.15) is 32.6 Å². The molecule has 0 heterocycles. The number of nitrogens with zero attached hydrogens (tertiary/aromatic N) is 1. The van der Waals surface area contributed by atoms with E-state index in [4.69, 9.17) is 10.00 Å². The van der Waals surface area contributed by atoms with Crippen molar-refractivity contribution in [1.82, 2.24) is 5.32 Å². The maximum absolute atomic E-state index is 12.2. The predicted octanol–water partition coefficient (Wildman–Crippen LogP) is 3.11. The van der Waals surface area contributed by atoms with E-state index < -0.39 is 0 Å². The summed E-state index contributed by atoms with van der Waals surface area (Å²) in [6.07, 6.45) is 0. The zero-order valence-electron chi connectivity index (χ0n) is 12.9. The normalized spacial score (nSPS) is 9.91. The number of nitriles is 1. The molecular formula is C18H18N2O2. The van der Waals surface area contributed by atoms with Crippen LogP contribution in [-0.2, 0) is 6.54 Å². The third-order valence-electron chi connectivity index (χ3n) is 3.55. The number of amides is 1. The predicted molar refractivity (Wildman–Crippen MR) is 84.8 cm³/mol. The number of rotatable bonds is 4. The van der Waals surface area contributed by atoms with Gasteiger partial charge in [0.1, 0.15) is 5.75 Å². The van der Waals surface area contributed by atoms with Gasteiger partial charge in [0.05, 0.1) is 18.7 Å². The van der Waals surface area contributed by atoms with Crippen molar-refractivity contribution in [2.45, 2.75) is 20.4 Å². The molecule has 22 heavy (non-hydrogen) atoms. The quantitative estimate of drug-likeness (QED) is 0.942. The number of benzene rings is 2. The summed E-state index contributed by atoms with van der Waals surface area (Å²) in [5, 5.41) is 11.8. The maximum atomic E-state index is 12.2. The van der Waals surface area contributed by atoms with E-state index in [0.29, 0.717) is 17.7 Å². The molecule has 0 unspecified atom stereocenters. The second-order valence-corrected chi connectivity index (χ2v) is 5.12. The molecule has 4 heteroatoms. The Morgan fingerprint density at radius 2 is 2.00 bits per heavy atom. The molecule has 1 amide bonds. The Labute approximate surface area is 130 Å². The third kappa shape index (κ3) is 3.44. The maximum Gasteiger partial charge on any atom is 0.251 e. The largest absolute Gasteiger partial charge is 0.496 e. The molecule has 0 fully saturated rings. The fraction of sp³-hybridized carbons (Fsp3) is 0.222. The van der Waals surface area contributed by atoms with E-state index in [0.717, 1.165) is 22.4 Å². The molecule has 0 aliphatic rings. The molecule has 0 saturated carbocycles. The van der Waals surface area contributed by atoms with Crippen molar-refractivity contribution in [1.29, 1.82) is 5.26 Å². The molecule has 0 radical (unpaired) electrons. The molecule has 0 spiro atoms. The number of hydrogen-bond acceptors (Lipinski definition) is 3. The lowest BCUT2D eigenvalue weighted by Gasteiger charge is -2.12. The van der Waals surface area contributed by atoms with E-state index in [1.807, 2.05) is 32.0 Å². The minimum absolute atomic E-state index is 0.190. The van der Waals surface area contributed by atoms with Gasteiger partial charge in [-0.1, -0.05) is 12.1 Å². The number of carbonyl (C=O) groups is 1. The van der Waals surface area contributed by atoms with Crippen molar-refractivity contribution in [3.8, 4) is 11.8 Å². The summed E-state index contributed by atoms with van der Waals surface area (Å²) in [6, 6.07) is 12.7. The molecule has 0 bridgehead atoms. The number of carbonyl (C=O) groups excluding carboxylic acids is 1. The first-order chi connectivity index (χ1) is 10.5. The van der Waals surface area contributed by atoms with Gasteiger partial charge >= 0.3 is 0 Å². The van der Waals surface area contributed by atoms with Crippen LogP contribution in [0.15, 0.2) is 36.4 Å². The van der Waals surface area contributed by atoms with Gasteiger partial charge in [-0.25, -0.2) is 0 Å². The van der Waals surface area contributed by atoms with Crippen molar-refractivity contribution in [2.75, 3.05) is 7.11 Å². The molecule has 0 aromatic heterocycles. The summed E-state index contributed by atoms with van der Waals surface area (Å²) in [4.78, 5) is 12.2. The summed E-state index contributed by atoms with van der Waals surface area (Å²) in [5.41, 5.74) is 4.10. The fourth-order valence-corrected chi connectivity index (χ4v) is 2.27. The highest BCUT2D eigenvalue weighted by Gasteiger charge is 2.09. The van der Waals surface area contributed by atoms with Crippen molar-refractivity contribution >= 4 is 5.91 Å². The number of hydrogen-bond donors (Lipinski definition) is 1. The topological polar surface area (TPSA) is 62.1 Å². The summed E-state index contributed by atoms with van der Waals surface area (Å²) in [5.74, 6) is 0.652. The number of nitrogens with one attached hydrogen (secondary N) is 1. The summed E-state index contributed by atoms with van der Waals surface area (Å²) in [6.45, 7) is 4.39. The molecule has 0 saturated heterocycles. The van der Waals surface area contributed by atoms with Gasteiger partial charge in [0, 0.05) is 12.1 Å². The van der Waals surface area contributed by atoms with E-state index in [-0.39, 0.29) is 5.91 Å². The molecule has 2 aromatic rings. The Morgan fingerprint density at radius 3 is 2.68 bits per heavy atom. The van der Waals surface area contributed by atoms with Crippen molar-refractivity contribution < 1.29 is 9.53 Å². The first kappa shape index (κ1) is 15.6. The third-order valence-corrected chi connectivity index (χ3v) is 3.55. The van der Waals surface area contributed by atoms with Crippen molar-refractivity contribution in [3.63, 3.8) is 0 Å². The number of methoxy groups -OCH3 is 1. The van der Waals surface area contributed by atoms with E-state index in [9.17, 15) is 4.79 Å². The zero-order valence-corrected chi connectivity index (χ0v) is 12.9. The average Bonchev–Trinajstić information content (AvgIpc) is 2.54. The van der Waals surface area contributed by atoms with Crippen LogP contribution in [0.3, 0.4) is 0 Å². The smallest absolute Gasteiger partial charge is 0.251 e. The van der Waals surface area contributed by atoms with Crippen LogP contribution in [0.2, 0.25) is 0 Å². The number of aryl methyl sites for hydroxylation is 2. The minimum Gasteiger partial charge on any atom is -0.496 e. The Kier molecular flexibility index (Phi) is 4.80. The fourth-order valence-electron chi connectivity index (χ4n) is 2.27. The highest BCUT2D eigenvalue weighted by atomic mass is 16.5. The SMILES string of the molecule is COc1cc(C)c(CNC(=O)c2cccc(C#N)c2)cc1C. The van der Waals surface area contributed by atoms with E-state index in [1.165, 1.54) is 0 Å². The molecule has 2 rings (SSSR count). The van der Waals surface area contributed by atoms with Crippen LogP contribution in [0, 0.1) is 25.2 Å². The summed E-state index contributed by atoms with van der Waals surface area (Å²) >= 11 is 0. The molecule has 4 nitrogen and oxygen atoms in total. The second-order valence-electron chi connectivity index (χ2n) is 5.12. The lowest BCUT2D eigenvalue weighted by molar-refractivity contribution is 0.0951. The van der Waals surface area contributed by atoms with Crippen molar-refractivity contribution in [3.05, 3.63) is 64.2 Å².